The van der Waals surface area contributed by atoms with Crippen LogP contribution in [-0.2, 0) is 0 Å². The molecule has 29 heavy (non-hydrogen) atoms. The van der Waals surface area contributed by atoms with Crippen LogP contribution in [0.3, 0.4) is 0 Å². The molecule has 3 heterocycles. The van der Waals surface area contributed by atoms with Crippen LogP contribution in [0.15, 0.2) is 46.4 Å². The number of halogens is 2. The van der Waals surface area contributed by atoms with Gasteiger partial charge in [-0.25, -0.2) is 23.1 Å². The monoisotopic (exact) mass is 395 g/mol. The summed E-state index contributed by atoms with van der Waals surface area (Å²) >= 11 is 0. The molecule has 2 atom stereocenters. The molecule has 1 aliphatic carbocycles. The number of aromatic nitrogens is 5. The first-order valence-corrected chi connectivity index (χ1v) is 9.04. The summed E-state index contributed by atoms with van der Waals surface area (Å²) in [5.74, 6) is -1.13. The summed E-state index contributed by atoms with van der Waals surface area (Å²) in [6, 6.07) is 4.19. The van der Waals surface area contributed by atoms with Gasteiger partial charge in [-0.3, -0.25) is 9.78 Å². The molecule has 3 aromatic heterocycles. The van der Waals surface area contributed by atoms with E-state index in [2.05, 4.69) is 20.1 Å². The summed E-state index contributed by atoms with van der Waals surface area (Å²) in [5.41, 5.74) is 1.36. The molecule has 0 aliphatic heterocycles. The Bertz CT molecular complexity index is 1390. The van der Waals surface area contributed by atoms with Crippen molar-refractivity contribution in [2.45, 2.75) is 25.2 Å². The zero-order valence-electron chi connectivity index (χ0n) is 15.2. The second kappa shape index (κ2) is 6.20. The number of nitrogens with zero attached hydrogens (tertiary/aromatic N) is 3. The van der Waals surface area contributed by atoms with Crippen LogP contribution in [0.25, 0.3) is 16.9 Å². The van der Waals surface area contributed by atoms with Gasteiger partial charge in [-0.1, -0.05) is 0 Å². The number of nitrogens with one attached hydrogen (secondary N) is 2. The lowest BCUT2D eigenvalue weighted by Gasteiger charge is -2.08. The van der Waals surface area contributed by atoms with Crippen LogP contribution in [0.1, 0.15) is 34.9 Å². The highest BCUT2D eigenvalue weighted by Crippen LogP contribution is 2.56. The molecule has 0 amide bonds. The van der Waals surface area contributed by atoms with E-state index in [1.54, 1.807) is 18.5 Å². The number of rotatable bonds is 3. The van der Waals surface area contributed by atoms with E-state index in [9.17, 15) is 18.4 Å². The molecule has 5 rings (SSSR count). The van der Waals surface area contributed by atoms with E-state index in [-0.39, 0.29) is 23.0 Å². The normalized spacial score (nSPS) is 18.3. The van der Waals surface area contributed by atoms with Crippen molar-refractivity contribution >= 4 is 5.65 Å². The van der Waals surface area contributed by atoms with Crippen molar-refractivity contribution in [2.24, 2.45) is 0 Å². The van der Waals surface area contributed by atoms with Gasteiger partial charge in [0.1, 0.15) is 11.6 Å². The quantitative estimate of drug-likeness (QED) is 0.557. The van der Waals surface area contributed by atoms with Gasteiger partial charge in [0, 0.05) is 24.2 Å². The molecule has 0 saturated heterocycles. The highest BCUT2D eigenvalue weighted by molar-refractivity contribution is 5.63. The minimum Gasteiger partial charge on any atom is -0.313 e. The third kappa shape index (κ3) is 2.86. The molecular weight excluding hydrogens is 380 g/mol. The molecule has 2 N–H and O–H groups in total. The Labute approximate surface area is 162 Å². The average Bonchev–Trinajstić information content (AvgIpc) is 3.31. The summed E-state index contributed by atoms with van der Waals surface area (Å²) < 4.78 is 29.9. The van der Waals surface area contributed by atoms with E-state index in [0.717, 1.165) is 5.56 Å². The van der Waals surface area contributed by atoms with E-state index >= 15 is 0 Å². The number of H-pyrrole nitrogens is 2. The van der Waals surface area contributed by atoms with Gasteiger partial charge in [-0.15, -0.1) is 0 Å². The molecule has 0 unspecified atom stereocenters. The standard InChI is InChI=1S/C20H15F2N5O2/c1-9-4-16(22)12(6-15(9)21)10-5-11(10)13-7-17(26-27-3-2-23-18(13)27)14-8-24-20(29)25-19(14)28/h2-4,6-8,10-11H,5H2,1H3,(H2,24,25,28,29)/t10-,11-/m0/s1. The first-order valence-electron chi connectivity index (χ1n) is 9.04. The first kappa shape index (κ1) is 17.5. The Morgan fingerprint density at radius 3 is 2.69 bits per heavy atom. The minimum atomic E-state index is -0.609. The lowest BCUT2D eigenvalue weighted by atomic mass is 10.0. The van der Waals surface area contributed by atoms with Gasteiger partial charge >= 0.3 is 5.69 Å². The van der Waals surface area contributed by atoms with Gasteiger partial charge in [-0.2, -0.15) is 5.10 Å². The van der Waals surface area contributed by atoms with Crippen molar-refractivity contribution in [2.75, 3.05) is 0 Å². The number of fused-ring (bicyclic) bond motifs is 1. The maximum Gasteiger partial charge on any atom is 0.325 e. The summed E-state index contributed by atoms with van der Waals surface area (Å²) in [4.78, 5) is 32.4. The van der Waals surface area contributed by atoms with Crippen LogP contribution in [0.4, 0.5) is 8.78 Å². The van der Waals surface area contributed by atoms with E-state index in [1.165, 1.54) is 29.8 Å². The summed E-state index contributed by atoms with van der Waals surface area (Å²) in [6.45, 7) is 1.53. The zero-order chi connectivity index (χ0) is 20.3. The van der Waals surface area contributed by atoms with Crippen molar-refractivity contribution in [3.8, 4) is 11.3 Å². The lowest BCUT2D eigenvalue weighted by molar-refractivity contribution is 0.578. The van der Waals surface area contributed by atoms with E-state index in [1.807, 2.05) is 0 Å². The van der Waals surface area contributed by atoms with Crippen LogP contribution in [0, 0.1) is 18.6 Å². The zero-order valence-corrected chi connectivity index (χ0v) is 15.2. The molecule has 1 fully saturated rings. The fourth-order valence-corrected chi connectivity index (χ4v) is 3.77. The largest absolute Gasteiger partial charge is 0.325 e. The van der Waals surface area contributed by atoms with Crippen LogP contribution in [0.2, 0.25) is 0 Å². The molecule has 9 heteroatoms. The van der Waals surface area contributed by atoms with Crippen LogP contribution >= 0.6 is 0 Å². The molecule has 4 aromatic rings. The van der Waals surface area contributed by atoms with Gasteiger partial charge < -0.3 is 4.98 Å². The van der Waals surface area contributed by atoms with Crippen molar-refractivity contribution in [3.05, 3.63) is 86.0 Å². The maximum atomic E-state index is 14.4. The molecule has 0 bridgehead atoms. The van der Waals surface area contributed by atoms with E-state index in [4.69, 9.17) is 0 Å². The van der Waals surface area contributed by atoms with Gasteiger partial charge in [0.25, 0.3) is 5.56 Å². The Morgan fingerprint density at radius 2 is 1.90 bits per heavy atom. The molecule has 146 valence electrons. The Kier molecular flexibility index (Phi) is 3.73. The molecule has 1 saturated carbocycles. The van der Waals surface area contributed by atoms with Crippen molar-refractivity contribution < 1.29 is 8.78 Å². The molecule has 7 nitrogen and oxygen atoms in total. The van der Waals surface area contributed by atoms with Gasteiger partial charge in [0.05, 0.1) is 11.3 Å². The lowest BCUT2D eigenvalue weighted by Crippen LogP contribution is -2.23. The van der Waals surface area contributed by atoms with Gasteiger partial charge in [-0.05, 0) is 54.5 Å². The minimum absolute atomic E-state index is 0.0832. The first-order chi connectivity index (χ1) is 13.9. The second-order valence-corrected chi connectivity index (χ2v) is 7.24. The van der Waals surface area contributed by atoms with Crippen molar-refractivity contribution in [3.63, 3.8) is 0 Å². The third-order valence-electron chi connectivity index (χ3n) is 5.35. The predicted octanol–water partition coefficient (Wildman–Crippen LogP) is 2.63. The smallest absolute Gasteiger partial charge is 0.313 e. The molecule has 0 radical (unpaired) electrons. The highest BCUT2D eigenvalue weighted by Gasteiger charge is 2.43. The van der Waals surface area contributed by atoms with E-state index in [0.29, 0.717) is 23.3 Å². The number of aromatic amines is 2. The van der Waals surface area contributed by atoms with Crippen LogP contribution in [-0.4, -0.2) is 24.6 Å². The fraction of sp³-hybridized carbons (Fsp3) is 0.200. The molecule has 1 aromatic carbocycles. The Hall–Kier alpha value is -3.62. The van der Waals surface area contributed by atoms with Crippen molar-refractivity contribution in [1.29, 1.82) is 0 Å². The van der Waals surface area contributed by atoms with Gasteiger partial charge in [0.15, 0.2) is 5.65 Å². The molecule has 0 spiro atoms. The molecule has 1 aliphatic rings. The molecular formula is C20H15F2N5O2. The predicted molar refractivity (Wildman–Crippen MR) is 101 cm³/mol. The highest BCUT2D eigenvalue weighted by atomic mass is 19.1. The van der Waals surface area contributed by atoms with Crippen LogP contribution < -0.4 is 11.2 Å². The Morgan fingerprint density at radius 1 is 1.10 bits per heavy atom. The Balaban J connectivity index is 1.61. The summed E-state index contributed by atoms with van der Waals surface area (Å²) in [5, 5.41) is 4.39. The fourth-order valence-electron chi connectivity index (χ4n) is 3.77. The number of hydrogen-bond acceptors (Lipinski definition) is 4. The summed E-state index contributed by atoms with van der Waals surface area (Å²) in [7, 11) is 0. The van der Waals surface area contributed by atoms with Crippen LogP contribution in [0.5, 0.6) is 0 Å². The topological polar surface area (TPSA) is 95.9 Å². The van der Waals surface area contributed by atoms with Crippen molar-refractivity contribution in [1.82, 2.24) is 24.6 Å². The number of aryl methyl sites for hydroxylation is 1. The second-order valence-electron chi connectivity index (χ2n) is 7.24. The number of imidazole rings is 1. The number of benzene rings is 1. The summed E-state index contributed by atoms with van der Waals surface area (Å²) in [6.07, 6.45) is 5.16. The average molecular weight is 395 g/mol. The maximum absolute atomic E-state index is 14.4. The third-order valence-corrected chi connectivity index (χ3v) is 5.35. The SMILES string of the molecule is Cc1cc(F)c([C@H]2C[C@@H]2c2cc(-c3c[nH]c(=O)[nH]c3=O)nn3ccnc23)cc1F. The number of hydrogen-bond donors (Lipinski definition) is 2. The van der Waals surface area contributed by atoms with E-state index < -0.39 is 22.9 Å². The van der Waals surface area contributed by atoms with Gasteiger partial charge in [0.2, 0.25) is 0 Å².